The highest BCUT2D eigenvalue weighted by molar-refractivity contribution is 9.09. The molecule has 4 heteroatoms. The van der Waals surface area contributed by atoms with Gasteiger partial charge in [-0.15, -0.1) is 0 Å². The van der Waals surface area contributed by atoms with Crippen molar-refractivity contribution >= 4 is 21.9 Å². The first-order valence-electron chi connectivity index (χ1n) is 4.04. The highest BCUT2D eigenvalue weighted by Crippen LogP contribution is 2.23. The largest absolute Gasteiger partial charge is 0.465 e. The van der Waals surface area contributed by atoms with E-state index < -0.39 is 0 Å². The molecule has 0 bridgehead atoms. The molecule has 0 aliphatic rings. The van der Waals surface area contributed by atoms with Gasteiger partial charge in [-0.1, -0.05) is 28.1 Å². The van der Waals surface area contributed by atoms with Crippen LogP contribution in [0.4, 0.5) is 0 Å². The van der Waals surface area contributed by atoms with Crippen LogP contribution in [0.25, 0.3) is 0 Å². The minimum absolute atomic E-state index is 0.144. The van der Waals surface area contributed by atoms with Crippen molar-refractivity contribution in [3.63, 3.8) is 0 Å². The highest BCUT2D eigenvalue weighted by atomic mass is 79.9. The minimum Gasteiger partial charge on any atom is -0.465 e. The van der Waals surface area contributed by atoms with Crippen LogP contribution in [0, 0.1) is 0 Å². The molecule has 0 radical (unpaired) electrons. The van der Waals surface area contributed by atoms with Crippen LogP contribution in [0.3, 0.4) is 0 Å². The first-order chi connectivity index (χ1) is 6.69. The molecule has 14 heavy (non-hydrogen) atoms. The number of esters is 1. The molecule has 0 spiro atoms. The van der Waals surface area contributed by atoms with E-state index in [1.165, 1.54) is 7.11 Å². The molecule has 0 saturated carbocycles. The van der Waals surface area contributed by atoms with E-state index in [0.29, 0.717) is 5.56 Å². The van der Waals surface area contributed by atoms with Gasteiger partial charge in [-0.3, -0.25) is 0 Å². The fourth-order valence-corrected chi connectivity index (χ4v) is 1.33. The molecule has 76 valence electrons. The summed E-state index contributed by atoms with van der Waals surface area (Å²) in [4.78, 5) is 11.1. The molecule has 1 aromatic rings. The number of hydrogen-bond acceptors (Lipinski definition) is 3. The molecule has 0 aromatic heterocycles. The number of alkyl halides is 1. The van der Waals surface area contributed by atoms with Crippen molar-refractivity contribution in [2.24, 2.45) is 0 Å². The molecule has 1 aromatic carbocycles. The number of carbonyl (C=O) groups excluding carboxylic acids is 1. The fourth-order valence-electron chi connectivity index (χ4n) is 1.02. The van der Waals surface area contributed by atoms with E-state index in [2.05, 4.69) is 20.7 Å². The standard InChI is InChI=1S/C10H11BrO3/c1-13-9(11)7-3-5-8(6-4-7)10(12)14-2/h3-6,9H,1-2H3. The van der Waals surface area contributed by atoms with Gasteiger partial charge in [0.05, 0.1) is 12.7 Å². The first kappa shape index (κ1) is 11.2. The molecule has 1 unspecified atom stereocenters. The number of ether oxygens (including phenoxy) is 2. The minimum atomic E-state index is -0.333. The SMILES string of the molecule is COC(=O)c1ccc(C(Br)OC)cc1. The van der Waals surface area contributed by atoms with Crippen molar-refractivity contribution in [3.05, 3.63) is 35.4 Å². The van der Waals surface area contributed by atoms with Gasteiger partial charge in [0.15, 0.2) is 0 Å². The van der Waals surface area contributed by atoms with Gasteiger partial charge in [-0.25, -0.2) is 4.79 Å². The van der Waals surface area contributed by atoms with Crippen LogP contribution in [0.5, 0.6) is 0 Å². The van der Waals surface area contributed by atoms with E-state index in [1.54, 1.807) is 19.2 Å². The number of hydrogen-bond donors (Lipinski definition) is 0. The van der Waals surface area contributed by atoms with Gasteiger partial charge in [-0.2, -0.15) is 0 Å². The van der Waals surface area contributed by atoms with Crippen molar-refractivity contribution in [3.8, 4) is 0 Å². The Kier molecular flexibility index (Phi) is 4.10. The summed E-state index contributed by atoms with van der Waals surface area (Å²) >= 11 is 3.33. The predicted molar refractivity (Wildman–Crippen MR) is 56.5 cm³/mol. The summed E-state index contributed by atoms with van der Waals surface area (Å²) in [6.07, 6.45) is 0. The Balaban J connectivity index is 2.83. The molecule has 3 nitrogen and oxygen atoms in total. The summed E-state index contributed by atoms with van der Waals surface area (Å²) in [6.45, 7) is 0. The first-order valence-corrected chi connectivity index (χ1v) is 4.95. The second-order valence-electron chi connectivity index (χ2n) is 2.67. The van der Waals surface area contributed by atoms with E-state index in [-0.39, 0.29) is 11.0 Å². The third-order valence-corrected chi connectivity index (χ3v) is 2.70. The van der Waals surface area contributed by atoms with Crippen LogP contribution in [-0.4, -0.2) is 20.2 Å². The monoisotopic (exact) mass is 258 g/mol. The summed E-state index contributed by atoms with van der Waals surface area (Å²) in [7, 11) is 2.96. The number of carbonyl (C=O) groups is 1. The number of methoxy groups -OCH3 is 2. The molecule has 0 aliphatic heterocycles. The van der Waals surface area contributed by atoms with Gasteiger partial charge in [0.2, 0.25) is 0 Å². The van der Waals surface area contributed by atoms with Gasteiger partial charge in [0.25, 0.3) is 0 Å². The van der Waals surface area contributed by atoms with Crippen LogP contribution >= 0.6 is 15.9 Å². The lowest BCUT2D eigenvalue weighted by Gasteiger charge is -2.07. The normalized spacial score (nSPS) is 12.2. The summed E-state index contributed by atoms with van der Waals surface area (Å²) in [6, 6.07) is 7.03. The Morgan fingerprint density at radius 2 is 1.86 bits per heavy atom. The second-order valence-corrected chi connectivity index (χ2v) is 3.50. The second kappa shape index (κ2) is 5.12. The van der Waals surface area contributed by atoms with Crippen LogP contribution in [0.1, 0.15) is 20.9 Å². The van der Waals surface area contributed by atoms with Crippen LogP contribution in [0.15, 0.2) is 24.3 Å². The van der Waals surface area contributed by atoms with E-state index in [0.717, 1.165) is 5.56 Å². The molecule has 0 saturated heterocycles. The molecule has 0 amide bonds. The van der Waals surface area contributed by atoms with Crippen LogP contribution in [0.2, 0.25) is 0 Å². The maximum Gasteiger partial charge on any atom is 0.337 e. The quantitative estimate of drug-likeness (QED) is 0.618. The number of halogens is 1. The third-order valence-electron chi connectivity index (χ3n) is 1.80. The Morgan fingerprint density at radius 1 is 1.29 bits per heavy atom. The van der Waals surface area contributed by atoms with Crippen LogP contribution in [-0.2, 0) is 9.47 Å². The van der Waals surface area contributed by atoms with E-state index in [9.17, 15) is 4.79 Å². The van der Waals surface area contributed by atoms with E-state index in [4.69, 9.17) is 4.74 Å². The Labute approximate surface area is 91.1 Å². The molecule has 1 rings (SSSR count). The molecule has 1 atom stereocenters. The van der Waals surface area contributed by atoms with Crippen LogP contribution < -0.4 is 0 Å². The van der Waals surface area contributed by atoms with Crippen molar-refractivity contribution < 1.29 is 14.3 Å². The smallest absolute Gasteiger partial charge is 0.337 e. The zero-order valence-electron chi connectivity index (χ0n) is 7.99. The average molecular weight is 259 g/mol. The van der Waals surface area contributed by atoms with Crippen molar-refractivity contribution in [1.82, 2.24) is 0 Å². The average Bonchev–Trinajstić information content (AvgIpc) is 2.27. The number of rotatable bonds is 3. The Morgan fingerprint density at radius 3 is 2.29 bits per heavy atom. The fraction of sp³-hybridized carbons (Fsp3) is 0.300. The van der Waals surface area contributed by atoms with E-state index in [1.807, 2.05) is 12.1 Å². The highest BCUT2D eigenvalue weighted by Gasteiger charge is 2.08. The lowest BCUT2D eigenvalue weighted by Crippen LogP contribution is -2.01. The van der Waals surface area contributed by atoms with Crippen molar-refractivity contribution in [1.29, 1.82) is 0 Å². The third kappa shape index (κ3) is 2.56. The summed E-state index contributed by atoms with van der Waals surface area (Å²) in [5.41, 5.74) is 1.49. The van der Waals surface area contributed by atoms with Gasteiger partial charge in [0, 0.05) is 7.11 Å². The summed E-state index contributed by atoms with van der Waals surface area (Å²) < 4.78 is 9.64. The summed E-state index contributed by atoms with van der Waals surface area (Å²) in [5, 5.41) is -0.144. The lowest BCUT2D eigenvalue weighted by molar-refractivity contribution is 0.0600. The van der Waals surface area contributed by atoms with Gasteiger partial charge in [0.1, 0.15) is 5.01 Å². The van der Waals surface area contributed by atoms with Crippen molar-refractivity contribution in [2.45, 2.75) is 5.01 Å². The predicted octanol–water partition coefficient (Wildman–Crippen LogP) is 2.51. The van der Waals surface area contributed by atoms with Crippen molar-refractivity contribution in [2.75, 3.05) is 14.2 Å². The van der Waals surface area contributed by atoms with Gasteiger partial charge >= 0.3 is 5.97 Å². The Hall–Kier alpha value is -0.870. The summed E-state index contributed by atoms with van der Waals surface area (Å²) in [5.74, 6) is -0.333. The molecular weight excluding hydrogens is 248 g/mol. The molecule has 0 fully saturated rings. The Bertz CT molecular complexity index is 308. The maximum atomic E-state index is 11.1. The lowest BCUT2D eigenvalue weighted by atomic mass is 10.1. The zero-order valence-corrected chi connectivity index (χ0v) is 9.58. The van der Waals surface area contributed by atoms with E-state index >= 15 is 0 Å². The maximum absolute atomic E-state index is 11.1. The molecule has 0 aliphatic carbocycles. The number of benzene rings is 1. The molecule has 0 heterocycles. The molecular formula is C10H11BrO3. The zero-order chi connectivity index (χ0) is 10.6. The molecule has 0 N–H and O–H groups in total. The van der Waals surface area contributed by atoms with Gasteiger partial charge in [-0.05, 0) is 17.7 Å². The topological polar surface area (TPSA) is 35.5 Å². The van der Waals surface area contributed by atoms with Gasteiger partial charge < -0.3 is 9.47 Å².